The fraction of sp³-hybridized carbons (Fsp3) is 0.350. The lowest BCUT2D eigenvalue weighted by atomic mass is 10.0. The quantitative estimate of drug-likeness (QED) is 0.725. The number of benzene rings is 1. The molecule has 3 aromatic rings. The summed E-state index contributed by atoms with van der Waals surface area (Å²) in [4.78, 5) is 13.8. The molecule has 6 nitrogen and oxygen atoms in total. The fourth-order valence-corrected chi connectivity index (χ4v) is 4.29. The Morgan fingerprint density at radius 1 is 0.885 bits per heavy atom. The van der Waals surface area contributed by atoms with Crippen LogP contribution in [0.25, 0.3) is 5.82 Å². The highest BCUT2D eigenvalue weighted by molar-refractivity contribution is 5.44. The van der Waals surface area contributed by atoms with Crippen LogP contribution in [0.2, 0.25) is 0 Å². The van der Waals surface area contributed by atoms with E-state index < -0.39 is 0 Å². The number of hydrogen-bond acceptors (Lipinski definition) is 5. The van der Waals surface area contributed by atoms with E-state index in [0.717, 1.165) is 43.1 Å². The van der Waals surface area contributed by atoms with E-state index in [1.807, 2.05) is 18.3 Å². The van der Waals surface area contributed by atoms with E-state index in [-0.39, 0.29) is 0 Å². The van der Waals surface area contributed by atoms with Crippen molar-refractivity contribution >= 4 is 5.82 Å². The second-order valence-corrected chi connectivity index (χ2v) is 7.29. The molecule has 4 heterocycles. The van der Waals surface area contributed by atoms with Crippen molar-refractivity contribution in [3.05, 3.63) is 66.7 Å². The second kappa shape index (κ2) is 6.53. The molecule has 2 atom stereocenters. The summed E-state index contributed by atoms with van der Waals surface area (Å²) in [6, 6.07) is 14.7. The first-order valence-electron chi connectivity index (χ1n) is 9.18. The zero-order chi connectivity index (χ0) is 17.3. The molecule has 0 aliphatic carbocycles. The highest BCUT2D eigenvalue weighted by atomic mass is 15.3. The van der Waals surface area contributed by atoms with Crippen LogP contribution in [0.4, 0.5) is 5.82 Å². The van der Waals surface area contributed by atoms with Gasteiger partial charge in [-0.15, -0.1) is 0 Å². The van der Waals surface area contributed by atoms with Crippen LogP contribution in [-0.2, 0) is 6.54 Å². The summed E-state index contributed by atoms with van der Waals surface area (Å²) in [5, 5.41) is 4.26. The average Bonchev–Trinajstić information content (AvgIpc) is 3.39. The summed E-state index contributed by atoms with van der Waals surface area (Å²) < 4.78 is 1.78. The summed E-state index contributed by atoms with van der Waals surface area (Å²) >= 11 is 0. The molecule has 0 spiro atoms. The lowest BCUT2D eigenvalue weighted by molar-refractivity contribution is 0.309. The minimum absolute atomic E-state index is 0.724. The lowest BCUT2D eigenvalue weighted by Crippen LogP contribution is -2.29. The first-order chi connectivity index (χ1) is 12.8. The molecule has 0 amide bonds. The zero-order valence-electron chi connectivity index (χ0n) is 14.6. The van der Waals surface area contributed by atoms with Crippen LogP contribution in [0.3, 0.4) is 0 Å². The number of anilines is 1. The van der Waals surface area contributed by atoms with E-state index in [1.54, 1.807) is 17.2 Å². The Bertz CT molecular complexity index is 849. The third-order valence-corrected chi connectivity index (χ3v) is 5.51. The molecule has 1 aromatic carbocycles. The molecular weight excluding hydrogens is 324 g/mol. The molecule has 2 unspecified atom stereocenters. The normalized spacial score (nSPS) is 22.7. The Labute approximate surface area is 153 Å². The summed E-state index contributed by atoms with van der Waals surface area (Å²) in [5.74, 6) is 3.28. The molecule has 2 aromatic heterocycles. The van der Waals surface area contributed by atoms with E-state index in [4.69, 9.17) is 0 Å². The Morgan fingerprint density at radius 2 is 1.65 bits per heavy atom. The van der Waals surface area contributed by atoms with Gasteiger partial charge in [-0.3, -0.25) is 4.90 Å². The molecule has 5 rings (SSSR count). The molecule has 2 fully saturated rings. The number of fused-ring (bicyclic) bond motifs is 1. The van der Waals surface area contributed by atoms with Crippen molar-refractivity contribution in [2.75, 3.05) is 31.1 Å². The molecule has 132 valence electrons. The Hall–Kier alpha value is -2.73. The minimum Gasteiger partial charge on any atom is -0.356 e. The first kappa shape index (κ1) is 15.5. The minimum atomic E-state index is 0.724. The van der Waals surface area contributed by atoms with Gasteiger partial charge in [-0.25, -0.2) is 14.6 Å². The van der Waals surface area contributed by atoms with Gasteiger partial charge in [0.2, 0.25) is 0 Å². The molecule has 26 heavy (non-hydrogen) atoms. The van der Waals surface area contributed by atoms with Gasteiger partial charge in [0.1, 0.15) is 12.1 Å². The van der Waals surface area contributed by atoms with Gasteiger partial charge in [0.25, 0.3) is 0 Å². The lowest BCUT2D eigenvalue weighted by Gasteiger charge is -2.22. The van der Waals surface area contributed by atoms with Crippen LogP contribution < -0.4 is 4.90 Å². The number of rotatable bonds is 4. The number of aromatic nitrogens is 4. The van der Waals surface area contributed by atoms with Crippen LogP contribution in [-0.4, -0.2) is 50.8 Å². The van der Waals surface area contributed by atoms with Gasteiger partial charge in [-0.1, -0.05) is 30.3 Å². The van der Waals surface area contributed by atoms with Gasteiger partial charge in [-0.2, -0.15) is 5.10 Å². The predicted octanol–water partition coefficient (Wildman–Crippen LogP) is 2.23. The van der Waals surface area contributed by atoms with Gasteiger partial charge in [-0.05, 0) is 23.5 Å². The van der Waals surface area contributed by atoms with Crippen molar-refractivity contribution in [3.63, 3.8) is 0 Å². The van der Waals surface area contributed by atoms with Crippen molar-refractivity contribution in [3.8, 4) is 5.82 Å². The molecule has 2 aliphatic rings. The predicted molar refractivity (Wildman–Crippen MR) is 100 cm³/mol. The zero-order valence-corrected chi connectivity index (χ0v) is 14.6. The summed E-state index contributed by atoms with van der Waals surface area (Å²) in [5.41, 5.74) is 1.41. The molecule has 0 N–H and O–H groups in total. The van der Waals surface area contributed by atoms with Crippen molar-refractivity contribution in [1.82, 2.24) is 24.6 Å². The summed E-state index contributed by atoms with van der Waals surface area (Å²) in [6.45, 7) is 5.56. The standard InChI is InChI=1S/C20H22N6/c1-2-5-16(6-3-1)10-24-11-17-13-25(14-18(17)12-24)19-9-20(22-15-21-19)26-8-4-7-23-26/h1-9,15,17-18H,10-14H2. The maximum absolute atomic E-state index is 4.51. The highest BCUT2D eigenvalue weighted by Gasteiger charge is 2.40. The fourth-order valence-electron chi connectivity index (χ4n) is 4.29. The molecule has 6 heteroatoms. The van der Waals surface area contributed by atoms with E-state index >= 15 is 0 Å². The van der Waals surface area contributed by atoms with Crippen LogP contribution in [0, 0.1) is 11.8 Å². The van der Waals surface area contributed by atoms with Gasteiger partial charge in [0.15, 0.2) is 5.82 Å². The third kappa shape index (κ3) is 2.97. The van der Waals surface area contributed by atoms with Crippen molar-refractivity contribution < 1.29 is 0 Å². The van der Waals surface area contributed by atoms with E-state index in [9.17, 15) is 0 Å². The van der Waals surface area contributed by atoms with E-state index in [1.165, 1.54) is 18.7 Å². The number of hydrogen-bond donors (Lipinski definition) is 0. The Morgan fingerprint density at radius 3 is 2.38 bits per heavy atom. The van der Waals surface area contributed by atoms with Crippen LogP contribution in [0.5, 0.6) is 0 Å². The summed E-state index contributed by atoms with van der Waals surface area (Å²) in [7, 11) is 0. The van der Waals surface area contributed by atoms with Crippen LogP contribution in [0.15, 0.2) is 61.2 Å². The smallest absolute Gasteiger partial charge is 0.158 e. The van der Waals surface area contributed by atoms with Crippen LogP contribution >= 0.6 is 0 Å². The number of likely N-dealkylation sites (tertiary alicyclic amines) is 1. The monoisotopic (exact) mass is 346 g/mol. The van der Waals surface area contributed by atoms with Crippen molar-refractivity contribution in [2.45, 2.75) is 6.54 Å². The van der Waals surface area contributed by atoms with Gasteiger partial charge in [0, 0.05) is 51.2 Å². The Kier molecular flexibility index (Phi) is 3.90. The molecule has 0 bridgehead atoms. The second-order valence-electron chi connectivity index (χ2n) is 7.29. The van der Waals surface area contributed by atoms with Gasteiger partial charge >= 0.3 is 0 Å². The van der Waals surface area contributed by atoms with Gasteiger partial charge in [0.05, 0.1) is 0 Å². The SMILES string of the molecule is c1ccc(CN2CC3CN(c4cc(-n5cccn5)ncn4)CC3C2)cc1. The topological polar surface area (TPSA) is 50.1 Å². The molecule has 0 radical (unpaired) electrons. The largest absolute Gasteiger partial charge is 0.356 e. The molecular formula is C20H22N6. The number of nitrogens with zero attached hydrogens (tertiary/aromatic N) is 6. The molecule has 0 saturated carbocycles. The van der Waals surface area contributed by atoms with Crippen LogP contribution in [0.1, 0.15) is 5.56 Å². The summed E-state index contributed by atoms with van der Waals surface area (Å²) in [6.07, 6.45) is 5.32. The van der Waals surface area contributed by atoms with E-state index in [0.29, 0.717) is 0 Å². The highest BCUT2D eigenvalue weighted by Crippen LogP contribution is 2.34. The molecule has 2 aliphatic heterocycles. The molecule has 2 saturated heterocycles. The third-order valence-electron chi connectivity index (χ3n) is 5.51. The Balaban J connectivity index is 1.25. The van der Waals surface area contributed by atoms with E-state index in [2.05, 4.69) is 55.2 Å². The first-order valence-corrected chi connectivity index (χ1v) is 9.18. The maximum Gasteiger partial charge on any atom is 0.158 e. The maximum atomic E-state index is 4.51. The van der Waals surface area contributed by atoms with Crippen molar-refractivity contribution in [1.29, 1.82) is 0 Å². The average molecular weight is 346 g/mol. The van der Waals surface area contributed by atoms with Gasteiger partial charge < -0.3 is 4.90 Å². The van der Waals surface area contributed by atoms with Crippen molar-refractivity contribution in [2.24, 2.45) is 11.8 Å².